The maximum atomic E-state index is 13.5. The van der Waals surface area contributed by atoms with Crippen LogP contribution in [0.4, 0.5) is 10.1 Å². The highest BCUT2D eigenvalue weighted by molar-refractivity contribution is 5.97. The number of anilines is 1. The Morgan fingerprint density at radius 1 is 1.35 bits per heavy atom. The Morgan fingerprint density at radius 2 is 2.00 bits per heavy atom. The highest BCUT2D eigenvalue weighted by Crippen LogP contribution is 2.20. The molecule has 0 aliphatic heterocycles. The lowest BCUT2D eigenvalue weighted by atomic mass is 10.1. The summed E-state index contributed by atoms with van der Waals surface area (Å²) in [5.41, 5.74) is 5.15. The minimum absolute atomic E-state index is 0.0720. The molecule has 0 heterocycles. The number of halogens is 1. The Hall–Kier alpha value is -2.48. The molecule has 0 radical (unpaired) electrons. The van der Waals surface area contributed by atoms with E-state index in [4.69, 9.17) is 10.8 Å². The van der Waals surface area contributed by atoms with Crippen LogP contribution in [0.5, 0.6) is 0 Å². The molecule has 0 aromatic heterocycles. The van der Waals surface area contributed by atoms with Crippen LogP contribution in [0.25, 0.3) is 0 Å². The van der Waals surface area contributed by atoms with Crippen molar-refractivity contribution in [2.45, 2.75) is 6.92 Å². The zero-order chi connectivity index (χ0) is 15.3. The van der Waals surface area contributed by atoms with Gasteiger partial charge in [0, 0.05) is 16.8 Å². The Kier molecular flexibility index (Phi) is 5.15. The first kappa shape index (κ1) is 15.6. The summed E-state index contributed by atoms with van der Waals surface area (Å²) in [5.74, 6) is -3.41. The highest BCUT2D eigenvalue weighted by atomic mass is 19.1. The van der Waals surface area contributed by atoms with Crippen LogP contribution in [0.2, 0.25) is 0 Å². The molecule has 7 nitrogen and oxygen atoms in total. The van der Waals surface area contributed by atoms with Gasteiger partial charge in [-0.25, -0.2) is 9.18 Å². The molecule has 0 saturated carbocycles. The van der Waals surface area contributed by atoms with Crippen LogP contribution in [-0.4, -0.2) is 36.1 Å². The number of hydrogen-bond donors (Lipinski definition) is 3. The van der Waals surface area contributed by atoms with E-state index >= 15 is 0 Å². The Morgan fingerprint density at radius 3 is 2.55 bits per heavy atom. The van der Waals surface area contributed by atoms with Crippen molar-refractivity contribution in [1.29, 1.82) is 0 Å². The van der Waals surface area contributed by atoms with E-state index in [9.17, 15) is 18.8 Å². The smallest absolute Gasteiger partial charge is 0.329 e. The van der Waals surface area contributed by atoms with Crippen molar-refractivity contribution in [2.75, 3.05) is 18.5 Å². The van der Waals surface area contributed by atoms with Crippen LogP contribution >= 0.6 is 0 Å². The molecule has 2 amide bonds. The van der Waals surface area contributed by atoms with Crippen molar-refractivity contribution in [2.24, 2.45) is 5.73 Å². The van der Waals surface area contributed by atoms with Gasteiger partial charge in [-0.1, -0.05) is 0 Å². The van der Waals surface area contributed by atoms with Crippen molar-refractivity contribution in [1.82, 2.24) is 0 Å². The van der Waals surface area contributed by atoms with E-state index in [1.165, 1.54) is 13.0 Å². The summed E-state index contributed by atoms with van der Waals surface area (Å²) in [5, 5.41) is 10.7. The summed E-state index contributed by atoms with van der Waals surface area (Å²) in [6.45, 7) is 0.282. The fraction of sp³-hybridized carbons (Fsp3) is 0.250. The summed E-state index contributed by atoms with van der Waals surface area (Å²) < 4.78 is 18.1. The molecule has 1 aromatic rings. The molecule has 1 aromatic carbocycles. The molecular weight excluding hydrogens is 271 g/mol. The van der Waals surface area contributed by atoms with Crippen LogP contribution < -0.4 is 11.1 Å². The maximum absolute atomic E-state index is 13.5. The molecule has 0 aliphatic carbocycles. The minimum atomic E-state index is -1.21. The minimum Gasteiger partial charge on any atom is -0.480 e. The second kappa shape index (κ2) is 6.62. The fourth-order valence-corrected chi connectivity index (χ4v) is 1.37. The zero-order valence-corrected chi connectivity index (χ0v) is 10.6. The lowest BCUT2D eigenvalue weighted by Gasteiger charge is -2.10. The van der Waals surface area contributed by atoms with Crippen molar-refractivity contribution < 1.29 is 28.6 Å². The van der Waals surface area contributed by atoms with E-state index in [-0.39, 0.29) is 16.8 Å². The predicted octanol–water partition coefficient (Wildman–Crippen LogP) is 0.273. The lowest BCUT2D eigenvalue weighted by Crippen LogP contribution is -2.22. The van der Waals surface area contributed by atoms with Gasteiger partial charge in [0.15, 0.2) is 0 Å². The van der Waals surface area contributed by atoms with Gasteiger partial charge in [0.25, 0.3) is 0 Å². The maximum Gasteiger partial charge on any atom is 0.329 e. The van der Waals surface area contributed by atoms with Crippen LogP contribution in [0.3, 0.4) is 0 Å². The summed E-state index contributed by atoms with van der Waals surface area (Å²) in [7, 11) is 0. The molecular formula is C12H13FN2O5. The number of nitrogens with one attached hydrogen (secondary N) is 1. The van der Waals surface area contributed by atoms with Crippen LogP contribution in [0.15, 0.2) is 12.1 Å². The number of carboxylic acid groups (broad SMARTS) is 1. The second-order valence-corrected chi connectivity index (χ2v) is 3.93. The number of benzene rings is 1. The van der Waals surface area contributed by atoms with Gasteiger partial charge in [-0.2, -0.15) is 0 Å². The number of hydrogen-bond acceptors (Lipinski definition) is 4. The molecule has 108 valence electrons. The summed E-state index contributed by atoms with van der Waals surface area (Å²) in [6.07, 6.45) is 0. The van der Waals surface area contributed by atoms with Crippen LogP contribution in [0.1, 0.15) is 15.9 Å². The zero-order valence-electron chi connectivity index (χ0n) is 10.6. The Balaban J connectivity index is 2.78. The first-order valence-corrected chi connectivity index (χ1v) is 5.50. The molecule has 4 N–H and O–H groups in total. The number of rotatable bonds is 6. The largest absolute Gasteiger partial charge is 0.480 e. The van der Waals surface area contributed by atoms with Crippen molar-refractivity contribution >= 4 is 23.5 Å². The molecule has 0 aliphatic rings. The van der Waals surface area contributed by atoms with Gasteiger partial charge < -0.3 is 20.9 Å². The van der Waals surface area contributed by atoms with Crippen LogP contribution in [-0.2, 0) is 14.3 Å². The topological polar surface area (TPSA) is 119 Å². The monoisotopic (exact) mass is 284 g/mol. The molecule has 8 heteroatoms. The van der Waals surface area contributed by atoms with Gasteiger partial charge in [-0.15, -0.1) is 0 Å². The number of carboxylic acids is 1. The number of nitrogens with two attached hydrogens (primary N) is 1. The Labute approximate surface area is 113 Å². The molecule has 0 saturated heterocycles. The van der Waals surface area contributed by atoms with E-state index in [1.807, 2.05) is 0 Å². The SMILES string of the molecule is Cc1c(F)cc(C(N)=O)cc1NC(=O)COCC(=O)O. The first-order valence-electron chi connectivity index (χ1n) is 5.50. The van der Waals surface area contributed by atoms with Gasteiger partial charge in [0.2, 0.25) is 11.8 Å². The number of carbonyl (C=O) groups excluding carboxylic acids is 2. The third-order valence-electron chi connectivity index (χ3n) is 2.36. The molecule has 0 bridgehead atoms. The van der Waals surface area contributed by atoms with Gasteiger partial charge in [-0.05, 0) is 19.1 Å². The number of ether oxygens (including phenoxy) is 1. The van der Waals surface area contributed by atoms with E-state index in [1.54, 1.807) is 0 Å². The highest BCUT2D eigenvalue weighted by Gasteiger charge is 2.13. The molecule has 20 heavy (non-hydrogen) atoms. The standard InChI is InChI=1S/C12H13FN2O5/c1-6-8(13)2-7(12(14)19)3-9(6)15-10(16)4-20-5-11(17)18/h2-3H,4-5H2,1H3,(H2,14,19)(H,15,16)(H,17,18). The van der Waals surface area contributed by atoms with E-state index in [2.05, 4.69) is 10.1 Å². The molecule has 0 spiro atoms. The molecule has 0 fully saturated rings. The summed E-state index contributed by atoms with van der Waals surface area (Å²) in [4.78, 5) is 32.7. The van der Waals surface area contributed by atoms with Crippen molar-refractivity contribution in [3.63, 3.8) is 0 Å². The van der Waals surface area contributed by atoms with Crippen LogP contribution in [0, 0.1) is 12.7 Å². The number of aliphatic carboxylic acids is 1. The molecule has 1 rings (SSSR count). The van der Waals surface area contributed by atoms with Gasteiger partial charge in [-0.3, -0.25) is 9.59 Å². The van der Waals surface area contributed by atoms with E-state index in [0.29, 0.717) is 0 Å². The lowest BCUT2D eigenvalue weighted by molar-refractivity contribution is -0.143. The third-order valence-corrected chi connectivity index (χ3v) is 2.36. The molecule has 0 atom stereocenters. The van der Waals surface area contributed by atoms with Gasteiger partial charge >= 0.3 is 5.97 Å². The molecule has 0 unspecified atom stereocenters. The van der Waals surface area contributed by atoms with Crippen molar-refractivity contribution in [3.05, 3.63) is 29.1 Å². The second-order valence-electron chi connectivity index (χ2n) is 3.93. The number of carbonyl (C=O) groups is 3. The average Bonchev–Trinajstić information content (AvgIpc) is 2.33. The fourth-order valence-electron chi connectivity index (χ4n) is 1.37. The average molecular weight is 284 g/mol. The Bertz CT molecular complexity index is 559. The van der Waals surface area contributed by atoms with E-state index in [0.717, 1.165) is 6.07 Å². The van der Waals surface area contributed by atoms with E-state index < -0.39 is 36.8 Å². The van der Waals surface area contributed by atoms with Gasteiger partial charge in [0.05, 0.1) is 0 Å². The normalized spacial score (nSPS) is 10.1. The van der Waals surface area contributed by atoms with Crippen molar-refractivity contribution in [3.8, 4) is 0 Å². The summed E-state index contributed by atoms with van der Waals surface area (Å²) >= 11 is 0. The predicted molar refractivity (Wildman–Crippen MR) is 66.7 cm³/mol. The van der Waals surface area contributed by atoms with Gasteiger partial charge in [0.1, 0.15) is 19.0 Å². The first-order chi connectivity index (χ1) is 9.31. The number of primary amides is 1. The third kappa shape index (κ3) is 4.32. The summed E-state index contributed by atoms with van der Waals surface area (Å²) in [6, 6.07) is 2.20. The number of amides is 2. The quantitative estimate of drug-likeness (QED) is 0.693.